The number of hydrogen-bond acceptors (Lipinski definition) is 3. The number of rotatable bonds is 3. The highest BCUT2D eigenvalue weighted by Crippen LogP contribution is 2.37. The lowest BCUT2D eigenvalue weighted by Crippen LogP contribution is -2.46. The summed E-state index contributed by atoms with van der Waals surface area (Å²) in [4.78, 5) is 8.73. The molecule has 1 aromatic rings. The van der Waals surface area contributed by atoms with Crippen molar-refractivity contribution in [2.75, 3.05) is 7.05 Å². The maximum Gasteiger partial charge on any atom is 0.391 e. The highest BCUT2D eigenvalue weighted by Gasteiger charge is 2.42. The topological polar surface area (TPSA) is 49.3 Å². The van der Waals surface area contributed by atoms with Crippen LogP contribution in [0.15, 0.2) is 10.4 Å². The molecule has 26 heavy (non-hydrogen) atoms. The first kappa shape index (κ1) is 23.5. The number of guanidine groups is 1. The fraction of sp³-hybridized carbons (Fsp3) is 0.765. The molecule has 1 fully saturated rings. The van der Waals surface area contributed by atoms with Crippen LogP contribution >= 0.6 is 35.3 Å². The predicted molar refractivity (Wildman–Crippen MR) is 111 cm³/mol. The number of aromatic nitrogens is 1. The van der Waals surface area contributed by atoms with Gasteiger partial charge in [0.05, 0.1) is 18.2 Å². The molecule has 2 atom stereocenters. The van der Waals surface area contributed by atoms with Gasteiger partial charge in [0.2, 0.25) is 0 Å². The average molecular weight is 504 g/mol. The van der Waals surface area contributed by atoms with Crippen molar-refractivity contribution in [3.63, 3.8) is 0 Å². The zero-order valence-electron chi connectivity index (χ0n) is 15.6. The van der Waals surface area contributed by atoms with E-state index < -0.39 is 12.1 Å². The van der Waals surface area contributed by atoms with Gasteiger partial charge in [0.25, 0.3) is 0 Å². The van der Waals surface area contributed by atoms with Crippen LogP contribution in [-0.2, 0) is 12.0 Å². The predicted octanol–water partition coefficient (Wildman–Crippen LogP) is 4.84. The molecule has 0 bridgehead atoms. The van der Waals surface area contributed by atoms with Gasteiger partial charge < -0.3 is 10.6 Å². The number of alkyl halides is 3. The van der Waals surface area contributed by atoms with Crippen molar-refractivity contribution in [3.05, 3.63) is 16.1 Å². The van der Waals surface area contributed by atoms with Crippen molar-refractivity contribution in [1.82, 2.24) is 15.6 Å². The molecule has 2 rings (SSSR count). The van der Waals surface area contributed by atoms with Crippen LogP contribution < -0.4 is 10.6 Å². The molecular formula is C17H28F3IN4S. The fourth-order valence-corrected chi connectivity index (χ4v) is 3.86. The van der Waals surface area contributed by atoms with E-state index in [2.05, 4.69) is 41.4 Å². The number of nitrogens with one attached hydrogen (secondary N) is 2. The van der Waals surface area contributed by atoms with E-state index in [1.54, 1.807) is 18.4 Å². The van der Waals surface area contributed by atoms with Crippen molar-refractivity contribution >= 4 is 41.3 Å². The van der Waals surface area contributed by atoms with E-state index in [1.807, 2.05) is 5.38 Å². The lowest BCUT2D eigenvalue weighted by molar-refractivity contribution is -0.183. The summed E-state index contributed by atoms with van der Waals surface area (Å²) in [6.45, 7) is 6.84. The van der Waals surface area contributed by atoms with Crippen molar-refractivity contribution < 1.29 is 13.2 Å². The Bertz CT molecular complexity index is 596. The van der Waals surface area contributed by atoms with E-state index >= 15 is 0 Å². The second-order valence-corrected chi connectivity index (χ2v) is 8.49. The second kappa shape index (κ2) is 9.57. The standard InChI is InChI=1S/C17H27F3N4S.HI/c1-16(2,3)13-10-25-14(24-13)9-22-15(21-4)23-12-7-5-6-11(8-12)17(18,19)20;/h10-12H,5-9H2,1-4H3,(H2,21,22,23);1H. The first-order chi connectivity index (χ1) is 11.6. The second-order valence-electron chi connectivity index (χ2n) is 7.55. The minimum atomic E-state index is -4.11. The number of nitrogens with zero attached hydrogens (tertiary/aromatic N) is 2. The average Bonchev–Trinajstić information content (AvgIpc) is 3.00. The van der Waals surface area contributed by atoms with Crippen LogP contribution in [0.2, 0.25) is 0 Å². The fourth-order valence-electron chi connectivity index (χ4n) is 2.90. The monoisotopic (exact) mass is 504 g/mol. The highest BCUT2D eigenvalue weighted by molar-refractivity contribution is 14.0. The van der Waals surface area contributed by atoms with Gasteiger partial charge in [-0.15, -0.1) is 35.3 Å². The molecule has 2 N–H and O–H groups in total. The molecule has 0 amide bonds. The van der Waals surface area contributed by atoms with E-state index in [0.29, 0.717) is 18.9 Å². The maximum atomic E-state index is 12.9. The summed E-state index contributed by atoms with van der Waals surface area (Å²) in [6, 6.07) is -0.201. The molecule has 1 aromatic heterocycles. The minimum absolute atomic E-state index is 0. The summed E-state index contributed by atoms with van der Waals surface area (Å²) in [5, 5.41) is 9.27. The van der Waals surface area contributed by atoms with Gasteiger partial charge in [-0.2, -0.15) is 13.2 Å². The number of aliphatic imine (C=N–C) groups is 1. The smallest absolute Gasteiger partial charge is 0.354 e. The third kappa shape index (κ3) is 6.86. The third-order valence-electron chi connectivity index (χ3n) is 4.43. The summed E-state index contributed by atoms with van der Waals surface area (Å²) >= 11 is 1.57. The van der Waals surface area contributed by atoms with Crippen LogP contribution in [0.1, 0.15) is 57.2 Å². The molecule has 1 saturated carbocycles. The minimum Gasteiger partial charge on any atom is -0.354 e. The summed E-state index contributed by atoms with van der Waals surface area (Å²) in [5.74, 6) is -0.689. The lowest BCUT2D eigenvalue weighted by Gasteiger charge is -2.31. The van der Waals surface area contributed by atoms with Gasteiger partial charge in [-0.3, -0.25) is 4.99 Å². The molecular weight excluding hydrogens is 476 g/mol. The first-order valence-electron chi connectivity index (χ1n) is 8.58. The third-order valence-corrected chi connectivity index (χ3v) is 5.28. The molecule has 2 unspecified atom stereocenters. The number of hydrogen-bond donors (Lipinski definition) is 2. The summed E-state index contributed by atoms with van der Waals surface area (Å²) in [6.07, 6.45) is -2.46. The maximum absolute atomic E-state index is 12.9. The van der Waals surface area contributed by atoms with E-state index in [9.17, 15) is 13.2 Å². The van der Waals surface area contributed by atoms with E-state index in [1.165, 1.54) is 0 Å². The van der Waals surface area contributed by atoms with Crippen molar-refractivity contribution in [2.24, 2.45) is 10.9 Å². The molecule has 1 aliphatic carbocycles. The summed E-state index contributed by atoms with van der Waals surface area (Å²) in [7, 11) is 1.63. The van der Waals surface area contributed by atoms with Crippen LogP contribution in [0.25, 0.3) is 0 Å². The number of halogens is 4. The van der Waals surface area contributed by atoms with Gasteiger partial charge in [0.1, 0.15) is 5.01 Å². The normalized spacial score (nSPS) is 21.9. The summed E-state index contributed by atoms with van der Waals surface area (Å²) < 4.78 is 38.8. The quantitative estimate of drug-likeness (QED) is 0.352. The Morgan fingerprint density at radius 1 is 1.31 bits per heavy atom. The first-order valence-corrected chi connectivity index (χ1v) is 9.46. The zero-order valence-corrected chi connectivity index (χ0v) is 18.8. The van der Waals surface area contributed by atoms with Crippen LogP contribution in [0, 0.1) is 5.92 Å². The lowest BCUT2D eigenvalue weighted by atomic mass is 9.85. The van der Waals surface area contributed by atoms with Gasteiger partial charge in [0.15, 0.2) is 5.96 Å². The van der Waals surface area contributed by atoms with E-state index in [4.69, 9.17) is 0 Å². The van der Waals surface area contributed by atoms with Gasteiger partial charge in [-0.05, 0) is 19.3 Å². The molecule has 0 spiro atoms. The molecule has 1 heterocycles. The van der Waals surface area contributed by atoms with Crippen molar-refractivity contribution in [3.8, 4) is 0 Å². The molecule has 0 aliphatic heterocycles. The Morgan fingerprint density at radius 2 is 2.00 bits per heavy atom. The summed E-state index contributed by atoms with van der Waals surface area (Å²) in [5.41, 5.74) is 1.04. The Labute approximate surface area is 174 Å². The molecule has 0 saturated heterocycles. The zero-order chi connectivity index (χ0) is 18.7. The number of thiazole rings is 1. The molecule has 4 nitrogen and oxygen atoms in total. The Kier molecular flexibility index (Phi) is 8.63. The Hall–Kier alpha value is -0.580. The molecule has 9 heteroatoms. The molecule has 150 valence electrons. The molecule has 0 radical (unpaired) electrons. The van der Waals surface area contributed by atoms with Crippen LogP contribution in [0.4, 0.5) is 13.2 Å². The van der Waals surface area contributed by atoms with Crippen LogP contribution in [0.5, 0.6) is 0 Å². The Morgan fingerprint density at radius 3 is 2.54 bits per heavy atom. The van der Waals surface area contributed by atoms with E-state index in [0.717, 1.165) is 17.1 Å². The van der Waals surface area contributed by atoms with Crippen LogP contribution in [0.3, 0.4) is 0 Å². The van der Waals surface area contributed by atoms with Crippen LogP contribution in [-0.4, -0.2) is 30.2 Å². The highest BCUT2D eigenvalue weighted by atomic mass is 127. The van der Waals surface area contributed by atoms with E-state index in [-0.39, 0.29) is 48.3 Å². The van der Waals surface area contributed by atoms with Crippen molar-refractivity contribution in [1.29, 1.82) is 0 Å². The molecule has 0 aromatic carbocycles. The van der Waals surface area contributed by atoms with Gasteiger partial charge >= 0.3 is 6.18 Å². The largest absolute Gasteiger partial charge is 0.391 e. The SMILES string of the molecule is CN=C(NCc1nc(C(C)(C)C)cs1)NC1CCCC(C(F)(F)F)C1.I. The Balaban J connectivity index is 0.00000338. The van der Waals surface area contributed by atoms with Crippen molar-refractivity contribution in [2.45, 2.75) is 70.6 Å². The van der Waals surface area contributed by atoms with Gasteiger partial charge in [-0.1, -0.05) is 27.2 Å². The van der Waals surface area contributed by atoms with Gasteiger partial charge in [-0.25, -0.2) is 4.98 Å². The molecule has 1 aliphatic rings. The van der Waals surface area contributed by atoms with Gasteiger partial charge in [0, 0.05) is 23.9 Å².